The highest BCUT2D eigenvalue weighted by Gasteiger charge is 2.27. The third kappa shape index (κ3) is 4.47. The molecule has 26 heavy (non-hydrogen) atoms. The van der Waals surface area contributed by atoms with E-state index >= 15 is 0 Å². The lowest BCUT2D eigenvalue weighted by atomic mass is 10.1. The monoisotopic (exact) mass is 374 g/mol. The Morgan fingerprint density at radius 2 is 2.04 bits per heavy atom. The Morgan fingerprint density at radius 1 is 1.31 bits per heavy atom. The minimum Gasteiger partial charge on any atom is -0.481 e. The van der Waals surface area contributed by atoms with Crippen molar-refractivity contribution < 1.29 is 19.4 Å². The Bertz CT molecular complexity index is 800. The number of rotatable bonds is 5. The van der Waals surface area contributed by atoms with E-state index in [4.69, 9.17) is 9.84 Å². The van der Waals surface area contributed by atoms with Crippen LogP contribution in [-0.2, 0) is 20.7 Å². The van der Waals surface area contributed by atoms with Gasteiger partial charge in [-0.05, 0) is 13.8 Å². The van der Waals surface area contributed by atoms with Crippen molar-refractivity contribution in [2.24, 2.45) is 0 Å². The van der Waals surface area contributed by atoms with E-state index in [2.05, 4.69) is 4.98 Å². The summed E-state index contributed by atoms with van der Waals surface area (Å²) in [6.45, 7) is 5.16. The number of hydrogen-bond donors (Lipinski definition) is 1. The first kappa shape index (κ1) is 18.5. The number of carboxylic acids is 1. The van der Waals surface area contributed by atoms with Crippen molar-refractivity contribution in [1.29, 1.82) is 0 Å². The zero-order valence-electron chi connectivity index (χ0n) is 14.9. The highest BCUT2D eigenvalue weighted by Crippen LogP contribution is 2.29. The first-order valence-corrected chi connectivity index (χ1v) is 9.38. The lowest BCUT2D eigenvalue weighted by Gasteiger charge is -2.32. The largest absolute Gasteiger partial charge is 0.481 e. The molecule has 1 fully saturated rings. The number of carbonyl (C=O) groups is 2. The quantitative estimate of drug-likeness (QED) is 0.870. The molecule has 0 radical (unpaired) electrons. The third-order valence-corrected chi connectivity index (χ3v) is 5.31. The Kier molecular flexibility index (Phi) is 5.68. The van der Waals surface area contributed by atoms with Crippen LogP contribution in [0.1, 0.15) is 21.9 Å². The molecule has 1 aromatic carbocycles. The van der Waals surface area contributed by atoms with Gasteiger partial charge in [0.15, 0.2) is 0 Å². The fraction of sp³-hybridized carbons (Fsp3) is 0.421. The van der Waals surface area contributed by atoms with Crippen molar-refractivity contribution >= 4 is 23.2 Å². The number of benzene rings is 1. The standard InChI is InChI=1S/C19H22N2O4S/c1-12-3-5-14(6-4-12)19-16(26-13(2)20-19)10-17(22)21-7-8-25-15(11-21)9-18(23)24/h3-6,15H,7-11H2,1-2H3,(H,23,24)/t15-/m1/s1. The second kappa shape index (κ2) is 7.97. The van der Waals surface area contributed by atoms with E-state index in [1.807, 2.05) is 38.1 Å². The van der Waals surface area contributed by atoms with Crippen LogP contribution in [0.2, 0.25) is 0 Å². The number of aryl methyl sites for hydroxylation is 2. The summed E-state index contributed by atoms with van der Waals surface area (Å²) in [6, 6.07) is 8.12. The molecular formula is C19H22N2O4S. The van der Waals surface area contributed by atoms with E-state index in [0.29, 0.717) is 19.7 Å². The highest BCUT2D eigenvalue weighted by molar-refractivity contribution is 7.12. The molecule has 0 aliphatic carbocycles. The summed E-state index contributed by atoms with van der Waals surface area (Å²) in [7, 11) is 0. The average Bonchev–Trinajstić information content (AvgIpc) is 2.95. The van der Waals surface area contributed by atoms with Crippen LogP contribution in [0.15, 0.2) is 24.3 Å². The zero-order valence-corrected chi connectivity index (χ0v) is 15.7. The maximum atomic E-state index is 12.7. The molecule has 138 valence electrons. The van der Waals surface area contributed by atoms with Crippen molar-refractivity contribution in [3.63, 3.8) is 0 Å². The number of aromatic nitrogens is 1. The predicted molar refractivity (Wildman–Crippen MR) is 99.3 cm³/mol. The van der Waals surface area contributed by atoms with Gasteiger partial charge in [0, 0.05) is 23.5 Å². The second-order valence-electron chi connectivity index (χ2n) is 6.48. The average molecular weight is 374 g/mol. The number of nitrogens with zero attached hydrogens (tertiary/aromatic N) is 2. The Hall–Kier alpha value is -2.25. The molecule has 2 heterocycles. The maximum Gasteiger partial charge on any atom is 0.306 e. The molecule has 1 saturated heterocycles. The van der Waals surface area contributed by atoms with Gasteiger partial charge in [0.05, 0.1) is 36.3 Å². The molecule has 1 atom stereocenters. The van der Waals surface area contributed by atoms with Gasteiger partial charge >= 0.3 is 5.97 Å². The molecule has 2 aromatic rings. The molecule has 1 N–H and O–H groups in total. The number of morpholine rings is 1. The fourth-order valence-corrected chi connectivity index (χ4v) is 3.99. The van der Waals surface area contributed by atoms with Crippen LogP contribution < -0.4 is 0 Å². The summed E-state index contributed by atoms with van der Waals surface area (Å²) in [4.78, 5) is 30.9. The minimum absolute atomic E-state index is 0.0132. The summed E-state index contributed by atoms with van der Waals surface area (Å²) >= 11 is 1.53. The second-order valence-corrected chi connectivity index (χ2v) is 7.77. The van der Waals surface area contributed by atoms with Crippen molar-refractivity contribution in [1.82, 2.24) is 9.88 Å². The molecule has 1 amide bonds. The van der Waals surface area contributed by atoms with Gasteiger partial charge in [-0.15, -0.1) is 11.3 Å². The number of carbonyl (C=O) groups excluding carboxylic acids is 1. The van der Waals surface area contributed by atoms with Gasteiger partial charge in [-0.2, -0.15) is 0 Å². The molecule has 1 aromatic heterocycles. The number of amides is 1. The summed E-state index contributed by atoms with van der Waals surface area (Å²) in [5.41, 5.74) is 3.04. The molecule has 0 unspecified atom stereocenters. The number of hydrogen-bond acceptors (Lipinski definition) is 5. The Labute approximate surface area is 156 Å². The SMILES string of the molecule is Cc1ccc(-c2nc(C)sc2CC(=O)N2CCO[C@H](CC(=O)O)C2)cc1. The van der Waals surface area contributed by atoms with Gasteiger partial charge in [0.2, 0.25) is 5.91 Å². The van der Waals surface area contributed by atoms with Gasteiger partial charge in [0.25, 0.3) is 0 Å². The first-order chi connectivity index (χ1) is 12.4. The van der Waals surface area contributed by atoms with Crippen LogP contribution in [0.3, 0.4) is 0 Å². The maximum absolute atomic E-state index is 12.7. The van der Waals surface area contributed by atoms with E-state index in [1.165, 1.54) is 16.9 Å². The lowest BCUT2D eigenvalue weighted by molar-refractivity contribution is -0.147. The van der Waals surface area contributed by atoms with Gasteiger partial charge in [-0.1, -0.05) is 29.8 Å². The summed E-state index contributed by atoms with van der Waals surface area (Å²) < 4.78 is 5.44. The van der Waals surface area contributed by atoms with E-state index in [-0.39, 0.29) is 18.7 Å². The topological polar surface area (TPSA) is 79.7 Å². The Balaban J connectivity index is 1.73. The van der Waals surface area contributed by atoms with Crippen molar-refractivity contribution in [2.45, 2.75) is 32.8 Å². The van der Waals surface area contributed by atoms with Gasteiger partial charge in [-0.25, -0.2) is 4.98 Å². The molecule has 1 aliphatic heterocycles. The molecule has 0 saturated carbocycles. The van der Waals surface area contributed by atoms with Crippen LogP contribution >= 0.6 is 11.3 Å². The lowest BCUT2D eigenvalue weighted by Crippen LogP contribution is -2.46. The van der Waals surface area contributed by atoms with Crippen LogP contribution in [0.4, 0.5) is 0 Å². The molecule has 0 spiro atoms. The van der Waals surface area contributed by atoms with Crippen molar-refractivity contribution in [2.75, 3.05) is 19.7 Å². The third-order valence-electron chi connectivity index (χ3n) is 4.33. The van der Waals surface area contributed by atoms with Gasteiger partial charge in [0.1, 0.15) is 0 Å². The van der Waals surface area contributed by atoms with E-state index in [0.717, 1.165) is 21.1 Å². The Morgan fingerprint density at radius 3 is 2.73 bits per heavy atom. The van der Waals surface area contributed by atoms with E-state index < -0.39 is 12.1 Å². The number of ether oxygens (including phenoxy) is 1. The molecule has 6 nitrogen and oxygen atoms in total. The summed E-state index contributed by atoms with van der Waals surface area (Å²) in [5, 5.41) is 9.85. The van der Waals surface area contributed by atoms with Gasteiger partial charge in [-0.3, -0.25) is 9.59 Å². The zero-order chi connectivity index (χ0) is 18.7. The minimum atomic E-state index is -0.913. The molecule has 3 rings (SSSR count). The highest BCUT2D eigenvalue weighted by atomic mass is 32.1. The number of carboxylic acid groups (broad SMARTS) is 1. The summed E-state index contributed by atoms with van der Waals surface area (Å²) in [5.74, 6) is -0.926. The van der Waals surface area contributed by atoms with Crippen LogP contribution in [0.5, 0.6) is 0 Å². The van der Waals surface area contributed by atoms with E-state index in [9.17, 15) is 9.59 Å². The first-order valence-electron chi connectivity index (χ1n) is 8.57. The van der Waals surface area contributed by atoms with Crippen LogP contribution in [0.25, 0.3) is 11.3 Å². The van der Waals surface area contributed by atoms with E-state index in [1.54, 1.807) is 4.90 Å². The van der Waals surface area contributed by atoms with Crippen molar-refractivity contribution in [3.8, 4) is 11.3 Å². The fourth-order valence-electron chi connectivity index (χ4n) is 3.04. The molecule has 1 aliphatic rings. The van der Waals surface area contributed by atoms with Crippen LogP contribution in [-0.4, -0.2) is 52.7 Å². The summed E-state index contributed by atoms with van der Waals surface area (Å²) in [6.07, 6.45) is -0.253. The number of thiazole rings is 1. The molecule has 0 bridgehead atoms. The molecule has 7 heteroatoms. The molecular weight excluding hydrogens is 352 g/mol. The van der Waals surface area contributed by atoms with Crippen molar-refractivity contribution in [3.05, 3.63) is 39.7 Å². The normalized spacial score (nSPS) is 17.3. The van der Waals surface area contributed by atoms with Gasteiger partial charge < -0.3 is 14.7 Å². The van der Waals surface area contributed by atoms with Crippen LogP contribution in [0, 0.1) is 13.8 Å². The number of aliphatic carboxylic acids is 1. The predicted octanol–water partition coefficient (Wildman–Crippen LogP) is 2.67. The smallest absolute Gasteiger partial charge is 0.306 e.